The molecule has 1 aliphatic heterocycles. The first kappa shape index (κ1) is 62.1. The summed E-state index contributed by atoms with van der Waals surface area (Å²) in [6.07, 6.45) is 29.8. The van der Waals surface area contributed by atoms with Gasteiger partial charge < -0.3 is 39.8 Å². The van der Waals surface area contributed by atoms with E-state index in [0.29, 0.717) is 30.6 Å². The molecule has 0 radical (unpaired) electrons. The number of fused-ring (bicyclic) bond motifs is 2. The number of phosphoric ester groups is 1. The van der Waals surface area contributed by atoms with E-state index in [1.807, 2.05) is 48.5 Å². The number of benzene rings is 2. The van der Waals surface area contributed by atoms with E-state index in [1.165, 1.54) is 116 Å². The first-order valence-electron chi connectivity index (χ1n) is 26.8. The van der Waals surface area contributed by atoms with Gasteiger partial charge in [0.05, 0.1) is 25.4 Å². The molecule has 2 amide bonds. The van der Waals surface area contributed by atoms with Crippen LogP contribution in [0.5, 0.6) is 0 Å². The van der Waals surface area contributed by atoms with E-state index in [-0.39, 0.29) is 50.9 Å². The number of rotatable bonds is 41. The number of ether oxygens (including phenoxy) is 2. The Kier molecular flexibility index (Phi) is 35.1. The summed E-state index contributed by atoms with van der Waals surface area (Å²) in [7, 11) is -4.91. The van der Waals surface area contributed by atoms with Crippen molar-refractivity contribution in [2.45, 2.75) is 219 Å². The van der Waals surface area contributed by atoms with Crippen molar-refractivity contribution in [3.63, 3.8) is 0 Å². The standard InChI is InChI=1S/C56H87N2O10P.H3N/c1-3-5-7-9-11-13-15-17-19-21-23-25-27-37-55(61)65-46-51(68-56(62)38-28-26-24-22-20-18-16-14-12-10-8-6-4-2)47-67-69(63,64)66-44-43-57-53(59)41-42-54(60)58-45-50-35-30-29-33-48(50)39-40-49-34-31-32-36-52(49)58;/h29-36,51H,3-28,37-38,41-47H2,1-2H3,(H,57,59)(H,63,64);1H3/t51-;/m1./s1. The van der Waals surface area contributed by atoms with Gasteiger partial charge in [0.25, 0.3) is 7.82 Å². The number of unbranched alkanes of at least 4 members (excludes halogenated alkanes) is 24. The number of carbonyl (C=O) groups is 4. The number of amides is 2. The van der Waals surface area contributed by atoms with Gasteiger partial charge in [-0.25, -0.2) is 0 Å². The zero-order valence-electron chi connectivity index (χ0n) is 43.4. The summed E-state index contributed by atoms with van der Waals surface area (Å²) in [5.41, 5.74) is 3.11. The largest absolute Gasteiger partial charge is 0.756 e. The van der Waals surface area contributed by atoms with E-state index >= 15 is 0 Å². The molecule has 0 bridgehead atoms. The molecule has 1 aliphatic rings. The SMILES string of the molecule is CCCCCCCCCCCCCCCC(=O)OC[C@H](COP(=O)([O-])OCCNC(=O)CCC(=O)N1Cc2ccccc2C#Cc2ccccc21)OC(=O)CCCCCCCCCCCCCCC.[NH4+]. The molecule has 0 saturated heterocycles. The molecule has 0 spiro atoms. The summed E-state index contributed by atoms with van der Waals surface area (Å²) in [5.74, 6) is 4.68. The average molecular weight is 996 g/mol. The molecule has 2 aromatic rings. The highest BCUT2D eigenvalue weighted by molar-refractivity contribution is 7.45. The molecule has 13 nitrogen and oxygen atoms in total. The second-order valence-electron chi connectivity index (χ2n) is 18.6. The third-order valence-electron chi connectivity index (χ3n) is 12.5. The highest BCUT2D eigenvalue weighted by Crippen LogP contribution is 2.38. The molecular weight excluding hydrogens is 906 g/mol. The Hall–Kier alpha value is -4.05. The van der Waals surface area contributed by atoms with Gasteiger partial charge in [-0.3, -0.25) is 23.7 Å². The smallest absolute Gasteiger partial charge is 0.306 e. The fourth-order valence-corrected chi connectivity index (χ4v) is 9.14. The molecule has 14 heteroatoms. The van der Waals surface area contributed by atoms with Crippen molar-refractivity contribution >= 4 is 37.3 Å². The number of quaternary nitrogens is 1. The van der Waals surface area contributed by atoms with Gasteiger partial charge >= 0.3 is 11.9 Å². The number of anilines is 1. The lowest BCUT2D eigenvalue weighted by Crippen LogP contribution is -2.34. The summed E-state index contributed by atoms with van der Waals surface area (Å²) < 4.78 is 33.8. The van der Waals surface area contributed by atoms with Crippen molar-refractivity contribution in [3.8, 4) is 11.8 Å². The second-order valence-corrected chi connectivity index (χ2v) is 20.0. The van der Waals surface area contributed by atoms with Crippen LogP contribution in [0.1, 0.15) is 223 Å². The molecule has 3 rings (SSSR count). The van der Waals surface area contributed by atoms with Gasteiger partial charge in [0.15, 0.2) is 6.10 Å². The molecule has 70 heavy (non-hydrogen) atoms. The highest BCUT2D eigenvalue weighted by atomic mass is 31.2. The third-order valence-corrected chi connectivity index (χ3v) is 13.5. The molecular formula is C56H90N3O10P. The predicted molar refractivity (Wildman–Crippen MR) is 279 cm³/mol. The van der Waals surface area contributed by atoms with E-state index in [1.54, 1.807) is 4.90 Å². The van der Waals surface area contributed by atoms with Crippen LogP contribution in [0.15, 0.2) is 48.5 Å². The van der Waals surface area contributed by atoms with Crippen LogP contribution in [0.25, 0.3) is 0 Å². The molecule has 394 valence electrons. The van der Waals surface area contributed by atoms with E-state index in [4.69, 9.17) is 18.5 Å². The van der Waals surface area contributed by atoms with Crippen LogP contribution < -0.4 is 21.3 Å². The molecule has 1 heterocycles. The minimum absolute atomic E-state index is 0. The summed E-state index contributed by atoms with van der Waals surface area (Å²) in [6.45, 7) is 3.25. The van der Waals surface area contributed by atoms with Crippen molar-refractivity contribution < 1.29 is 47.2 Å². The number of carbonyl (C=O) groups excluding carboxylic acids is 4. The van der Waals surface area contributed by atoms with Crippen LogP contribution in [0.4, 0.5) is 5.69 Å². The summed E-state index contributed by atoms with van der Waals surface area (Å²) in [6, 6.07) is 15.0. The third kappa shape index (κ3) is 29.3. The van der Waals surface area contributed by atoms with Crippen LogP contribution in [0, 0.1) is 11.8 Å². The van der Waals surface area contributed by atoms with Crippen LogP contribution in [0.2, 0.25) is 0 Å². The van der Waals surface area contributed by atoms with E-state index in [0.717, 1.165) is 49.7 Å². The van der Waals surface area contributed by atoms with Crippen LogP contribution in [0.3, 0.4) is 0 Å². The average Bonchev–Trinajstić information content (AvgIpc) is 3.34. The van der Waals surface area contributed by atoms with Crippen LogP contribution >= 0.6 is 7.82 Å². The fraction of sp³-hybridized carbons (Fsp3) is 0.679. The van der Waals surface area contributed by atoms with Gasteiger partial charge in [0.2, 0.25) is 11.8 Å². The Morgan fingerprint density at radius 1 is 0.600 bits per heavy atom. The maximum Gasteiger partial charge on any atom is 0.306 e. The lowest BCUT2D eigenvalue weighted by Gasteiger charge is -2.26. The van der Waals surface area contributed by atoms with Gasteiger partial charge in [0, 0.05) is 43.4 Å². The molecule has 1 unspecified atom stereocenters. The number of esters is 2. The monoisotopic (exact) mass is 996 g/mol. The maximum absolute atomic E-state index is 13.5. The molecule has 5 N–H and O–H groups in total. The normalized spacial score (nSPS) is 13.0. The summed E-state index contributed by atoms with van der Waals surface area (Å²) in [4.78, 5) is 66.1. The Morgan fingerprint density at radius 2 is 1.07 bits per heavy atom. The minimum atomic E-state index is -4.91. The Bertz CT molecular complexity index is 1870. The lowest BCUT2D eigenvalue weighted by molar-refractivity contribution is -0.228. The van der Waals surface area contributed by atoms with Gasteiger partial charge in [-0.2, -0.15) is 0 Å². The van der Waals surface area contributed by atoms with Gasteiger partial charge in [-0.05, 0) is 36.6 Å². The first-order chi connectivity index (χ1) is 33.6. The zero-order chi connectivity index (χ0) is 49.6. The Labute approximate surface area is 421 Å². The topological polar surface area (TPSA) is 197 Å². The van der Waals surface area contributed by atoms with E-state index in [9.17, 15) is 28.6 Å². The van der Waals surface area contributed by atoms with Crippen molar-refractivity contribution in [2.75, 3.05) is 31.3 Å². The number of hydrogen-bond donors (Lipinski definition) is 2. The number of hydrogen-bond acceptors (Lipinski definition) is 10. The van der Waals surface area contributed by atoms with Crippen molar-refractivity contribution in [1.29, 1.82) is 0 Å². The quantitative estimate of drug-likeness (QED) is 0.0280. The first-order valence-corrected chi connectivity index (χ1v) is 28.3. The Balaban J connectivity index is 0.0000168. The summed E-state index contributed by atoms with van der Waals surface area (Å²) in [5, 5.41) is 2.59. The number of nitrogens with one attached hydrogen (secondary N) is 1. The molecule has 2 aromatic carbocycles. The maximum atomic E-state index is 13.5. The van der Waals surface area contributed by atoms with E-state index < -0.39 is 45.0 Å². The molecule has 0 saturated carbocycles. The van der Waals surface area contributed by atoms with Gasteiger partial charge in [0.1, 0.15) is 6.61 Å². The molecule has 0 fully saturated rings. The van der Waals surface area contributed by atoms with Gasteiger partial charge in [-0.1, -0.05) is 210 Å². The predicted octanol–water partition coefficient (Wildman–Crippen LogP) is 13.1. The fourth-order valence-electron chi connectivity index (χ4n) is 8.40. The number of phosphoric acid groups is 1. The van der Waals surface area contributed by atoms with E-state index in [2.05, 4.69) is 31.0 Å². The summed E-state index contributed by atoms with van der Waals surface area (Å²) >= 11 is 0. The lowest BCUT2D eigenvalue weighted by atomic mass is 10.0. The van der Waals surface area contributed by atoms with Crippen molar-refractivity contribution in [1.82, 2.24) is 11.5 Å². The molecule has 0 aliphatic carbocycles. The van der Waals surface area contributed by atoms with Crippen molar-refractivity contribution in [3.05, 3.63) is 65.2 Å². The molecule has 2 atom stereocenters. The van der Waals surface area contributed by atoms with Crippen LogP contribution in [-0.4, -0.2) is 56.2 Å². The zero-order valence-corrected chi connectivity index (χ0v) is 44.3. The van der Waals surface area contributed by atoms with Gasteiger partial charge in [-0.15, -0.1) is 0 Å². The molecule has 0 aromatic heterocycles. The number of para-hydroxylation sites is 1. The van der Waals surface area contributed by atoms with Crippen molar-refractivity contribution in [2.24, 2.45) is 0 Å². The van der Waals surface area contributed by atoms with Crippen LogP contribution in [-0.2, 0) is 48.8 Å². The Morgan fingerprint density at radius 3 is 1.63 bits per heavy atom. The second kappa shape index (κ2) is 39.6. The minimum Gasteiger partial charge on any atom is -0.756 e. The number of nitrogens with zero attached hydrogens (tertiary/aromatic N) is 1. The highest BCUT2D eigenvalue weighted by Gasteiger charge is 2.23.